The molecule has 0 fully saturated rings. The second-order valence-corrected chi connectivity index (χ2v) is 5.65. The van der Waals surface area contributed by atoms with E-state index in [2.05, 4.69) is 10.5 Å². The number of halogens is 3. The van der Waals surface area contributed by atoms with Crippen LogP contribution in [0.3, 0.4) is 0 Å². The van der Waals surface area contributed by atoms with Gasteiger partial charge < -0.3 is 19.6 Å². The maximum absolute atomic E-state index is 12.7. The highest BCUT2D eigenvalue weighted by molar-refractivity contribution is 5.99. The predicted octanol–water partition coefficient (Wildman–Crippen LogP) is 4.10. The molecule has 2 rings (SSSR count). The van der Waals surface area contributed by atoms with Crippen molar-refractivity contribution in [1.82, 2.24) is 0 Å². The van der Waals surface area contributed by atoms with Crippen LogP contribution in [0.15, 0.2) is 47.6 Å². The second kappa shape index (κ2) is 9.12. The Balaban J connectivity index is 1.96. The predicted molar refractivity (Wildman–Crippen MR) is 97.8 cm³/mol. The van der Waals surface area contributed by atoms with Crippen LogP contribution in [0.25, 0.3) is 0 Å². The monoisotopic (exact) mass is 396 g/mol. The number of benzene rings is 2. The Bertz CT molecular complexity index is 866. The van der Waals surface area contributed by atoms with Gasteiger partial charge in [0.2, 0.25) is 0 Å². The van der Waals surface area contributed by atoms with E-state index in [1.165, 1.54) is 26.4 Å². The normalized spacial score (nSPS) is 11.7. The molecule has 0 radical (unpaired) electrons. The summed E-state index contributed by atoms with van der Waals surface area (Å²) in [6.45, 7) is 1.22. The smallest absolute Gasteiger partial charge is 0.416 e. The van der Waals surface area contributed by atoms with Crippen molar-refractivity contribution < 1.29 is 32.3 Å². The lowest BCUT2D eigenvalue weighted by molar-refractivity contribution is -0.137. The average Bonchev–Trinajstić information content (AvgIpc) is 2.66. The molecule has 0 aliphatic rings. The summed E-state index contributed by atoms with van der Waals surface area (Å²) in [4.78, 5) is 16.8. The number of alkyl halides is 3. The van der Waals surface area contributed by atoms with Crippen LogP contribution in [-0.4, -0.2) is 32.4 Å². The lowest BCUT2D eigenvalue weighted by Gasteiger charge is -2.10. The highest BCUT2D eigenvalue weighted by Gasteiger charge is 2.30. The molecule has 0 aliphatic carbocycles. The largest absolute Gasteiger partial charge is 0.493 e. The Morgan fingerprint density at radius 2 is 1.79 bits per heavy atom. The molecule has 9 heteroatoms. The summed E-state index contributed by atoms with van der Waals surface area (Å²) >= 11 is 0. The van der Waals surface area contributed by atoms with Crippen molar-refractivity contribution in [3.63, 3.8) is 0 Å². The molecule has 0 atom stereocenters. The van der Waals surface area contributed by atoms with Gasteiger partial charge in [-0.2, -0.15) is 13.2 Å². The van der Waals surface area contributed by atoms with Gasteiger partial charge in [-0.3, -0.25) is 4.79 Å². The first-order valence-electron chi connectivity index (χ1n) is 8.10. The van der Waals surface area contributed by atoms with Gasteiger partial charge in [0.15, 0.2) is 18.1 Å². The molecule has 0 aliphatic heterocycles. The number of nitrogens with zero attached hydrogens (tertiary/aromatic N) is 1. The number of amides is 1. The Morgan fingerprint density at radius 3 is 2.43 bits per heavy atom. The number of hydrogen-bond donors (Lipinski definition) is 1. The zero-order chi connectivity index (χ0) is 20.7. The molecule has 28 heavy (non-hydrogen) atoms. The highest BCUT2D eigenvalue weighted by Crippen LogP contribution is 2.30. The van der Waals surface area contributed by atoms with Crippen LogP contribution in [0.5, 0.6) is 11.5 Å². The number of rotatable bonds is 7. The van der Waals surface area contributed by atoms with Gasteiger partial charge in [0.25, 0.3) is 5.91 Å². The third-order valence-corrected chi connectivity index (χ3v) is 3.67. The quantitative estimate of drug-likeness (QED) is 0.565. The molecular weight excluding hydrogens is 377 g/mol. The lowest BCUT2D eigenvalue weighted by atomic mass is 10.1. The summed E-state index contributed by atoms with van der Waals surface area (Å²) in [5.74, 6) is 0.431. The zero-order valence-corrected chi connectivity index (χ0v) is 15.5. The van der Waals surface area contributed by atoms with Gasteiger partial charge in [0.05, 0.1) is 25.5 Å². The fraction of sp³-hybridized carbons (Fsp3) is 0.263. The SMILES string of the molecule is COc1ccc(C(C)=NOCC(=O)Nc2cccc(C(F)(F)F)c2)cc1OC. The molecule has 6 nitrogen and oxygen atoms in total. The minimum atomic E-state index is -4.49. The summed E-state index contributed by atoms with van der Waals surface area (Å²) in [7, 11) is 3.02. The molecule has 0 heterocycles. The second-order valence-electron chi connectivity index (χ2n) is 5.65. The van der Waals surface area contributed by atoms with Crippen LogP contribution < -0.4 is 14.8 Å². The minimum absolute atomic E-state index is 0.0176. The first-order valence-corrected chi connectivity index (χ1v) is 8.10. The molecule has 2 aromatic rings. The Labute approximate surface area is 159 Å². The van der Waals surface area contributed by atoms with Gasteiger partial charge in [-0.25, -0.2) is 0 Å². The molecule has 1 amide bonds. The number of ether oxygens (including phenoxy) is 2. The van der Waals surface area contributed by atoms with Gasteiger partial charge >= 0.3 is 6.18 Å². The van der Waals surface area contributed by atoms with E-state index >= 15 is 0 Å². The van der Waals surface area contributed by atoms with Crippen LogP contribution >= 0.6 is 0 Å². The van der Waals surface area contributed by atoms with Crippen molar-refractivity contribution in [2.45, 2.75) is 13.1 Å². The van der Waals surface area contributed by atoms with Crippen molar-refractivity contribution >= 4 is 17.3 Å². The Morgan fingerprint density at radius 1 is 1.07 bits per heavy atom. The van der Waals surface area contributed by atoms with Crippen molar-refractivity contribution in [1.29, 1.82) is 0 Å². The fourth-order valence-electron chi connectivity index (χ4n) is 2.27. The van der Waals surface area contributed by atoms with Gasteiger partial charge in [0, 0.05) is 11.3 Å². The summed E-state index contributed by atoms with van der Waals surface area (Å²) in [6.07, 6.45) is -4.49. The van der Waals surface area contributed by atoms with E-state index in [1.54, 1.807) is 25.1 Å². The molecule has 0 unspecified atom stereocenters. The third-order valence-electron chi connectivity index (χ3n) is 3.67. The van der Waals surface area contributed by atoms with Gasteiger partial charge in [0.1, 0.15) is 0 Å². The van der Waals surface area contributed by atoms with Crippen LogP contribution in [0.1, 0.15) is 18.1 Å². The van der Waals surface area contributed by atoms with Crippen molar-refractivity contribution in [2.24, 2.45) is 5.16 Å². The first kappa shape index (κ1) is 21.1. The van der Waals surface area contributed by atoms with Gasteiger partial charge in [-0.15, -0.1) is 0 Å². The molecule has 150 valence electrons. The van der Waals surface area contributed by atoms with E-state index in [4.69, 9.17) is 14.3 Å². The molecule has 2 aromatic carbocycles. The van der Waals surface area contributed by atoms with E-state index in [0.29, 0.717) is 22.8 Å². The van der Waals surface area contributed by atoms with Crippen LogP contribution in [0.2, 0.25) is 0 Å². The highest BCUT2D eigenvalue weighted by atomic mass is 19.4. The van der Waals surface area contributed by atoms with E-state index < -0.39 is 24.3 Å². The first-order chi connectivity index (χ1) is 13.2. The van der Waals surface area contributed by atoms with Crippen LogP contribution in [0.4, 0.5) is 18.9 Å². The standard InChI is InChI=1S/C19H19F3N2O4/c1-12(13-7-8-16(26-2)17(9-13)27-3)24-28-11-18(25)23-15-6-4-5-14(10-15)19(20,21)22/h4-10H,11H2,1-3H3,(H,23,25). The number of methoxy groups -OCH3 is 2. The van der Waals surface area contributed by atoms with Crippen LogP contribution in [0, 0.1) is 0 Å². The minimum Gasteiger partial charge on any atom is -0.493 e. The number of hydrogen-bond acceptors (Lipinski definition) is 5. The Kier molecular flexibility index (Phi) is 6.86. The number of oxime groups is 1. The molecular formula is C19H19F3N2O4. The molecule has 0 spiro atoms. The maximum atomic E-state index is 12.7. The summed E-state index contributed by atoms with van der Waals surface area (Å²) < 4.78 is 48.4. The summed E-state index contributed by atoms with van der Waals surface area (Å²) in [6, 6.07) is 9.46. The van der Waals surface area contributed by atoms with Gasteiger partial charge in [-0.05, 0) is 43.3 Å². The fourth-order valence-corrected chi connectivity index (χ4v) is 2.27. The van der Waals surface area contributed by atoms with Crippen molar-refractivity contribution in [3.05, 3.63) is 53.6 Å². The molecule has 0 saturated heterocycles. The number of nitrogens with one attached hydrogen (secondary N) is 1. The van der Waals surface area contributed by atoms with E-state index in [-0.39, 0.29) is 5.69 Å². The Hall–Kier alpha value is -3.23. The number of carbonyl (C=O) groups is 1. The van der Waals surface area contributed by atoms with Crippen molar-refractivity contribution in [2.75, 3.05) is 26.1 Å². The van der Waals surface area contributed by atoms with Crippen molar-refractivity contribution in [3.8, 4) is 11.5 Å². The maximum Gasteiger partial charge on any atom is 0.416 e. The van der Waals surface area contributed by atoms with E-state index in [9.17, 15) is 18.0 Å². The molecule has 0 saturated carbocycles. The molecule has 1 N–H and O–H groups in total. The summed E-state index contributed by atoms with van der Waals surface area (Å²) in [5, 5.41) is 6.17. The zero-order valence-electron chi connectivity index (χ0n) is 15.5. The van der Waals surface area contributed by atoms with Gasteiger partial charge in [-0.1, -0.05) is 11.2 Å². The van der Waals surface area contributed by atoms with Crippen LogP contribution in [-0.2, 0) is 15.8 Å². The summed E-state index contributed by atoms with van der Waals surface area (Å²) in [5.41, 5.74) is 0.335. The third kappa shape index (κ3) is 5.63. The molecule has 0 bridgehead atoms. The number of carbonyl (C=O) groups excluding carboxylic acids is 1. The average molecular weight is 396 g/mol. The number of anilines is 1. The lowest BCUT2D eigenvalue weighted by Crippen LogP contribution is -2.18. The van der Waals surface area contributed by atoms with E-state index in [0.717, 1.165) is 12.1 Å². The molecule has 0 aromatic heterocycles. The van der Waals surface area contributed by atoms with E-state index in [1.807, 2.05) is 0 Å². The topological polar surface area (TPSA) is 69.2 Å².